The van der Waals surface area contributed by atoms with Gasteiger partial charge in [-0.05, 0) is 42.7 Å². The molecule has 0 saturated carbocycles. The number of carbonyl (C=O) groups is 1. The molecule has 0 spiro atoms. The number of nitrogens with one attached hydrogen (secondary N) is 1. The summed E-state index contributed by atoms with van der Waals surface area (Å²) in [7, 11) is 1.80. The largest absolute Gasteiger partial charge is 0.459 e. The minimum absolute atomic E-state index is 0. The Morgan fingerprint density at radius 1 is 1.06 bits per heavy atom. The Bertz CT molecular complexity index is 872. The summed E-state index contributed by atoms with van der Waals surface area (Å²) in [6, 6.07) is 7.70. The zero-order chi connectivity index (χ0) is 21.5. The average Bonchev–Trinajstić information content (AvgIpc) is 3.22. The molecule has 0 atom stereocenters. The molecule has 4 rings (SSSR count). The molecule has 2 aliphatic heterocycles. The fourth-order valence-electron chi connectivity index (χ4n) is 4.23. The number of amides is 1. The van der Waals surface area contributed by atoms with Crippen molar-refractivity contribution in [3.63, 3.8) is 0 Å². The Balaban J connectivity index is 0.00000289. The first-order chi connectivity index (χ1) is 15.2. The van der Waals surface area contributed by atoms with Crippen molar-refractivity contribution >= 4 is 41.7 Å². The number of piperazine rings is 1. The Labute approximate surface area is 207 Å². The number of pyridine rings is 1. The number of rotatable bonds is 4. The molecule has 2 saturated heterocycles. The first-order valence-corrected chi connectivity index (χ1v) is 11.2. The van der Waals surface area contributed by atoms with Gasteiger partial charge in [-0.3, -0.25) is 9.79 Å². The van der Waals surface area contributed by atoms with Gasteiger partial charge in [0.05, 0.1) is 6.26 Å². The van der Waals surface area contributed by atoms with E-state index in [1.807, 2.05) is 11.1 Å². The summed E-state index contributed by atoms with van der Waals surface area (Å²) in [4.78, 5) is 27.9. The van der Waals surface area contributed by atoms with Gasteiger partial charge in [-0.1, -0.05) is 12.8 Å². The van der Waals surface area contributed by atoms with Crippen LogP contribution in [0.25, 0.3) is 0 Å². The van der Waals surface area contributed by atoms with E-state index in [0.717, 1.165) is 38.0 Å². The van der Waals surface area contributed by atoms with Crippen LogP contribution in [0.15, 0.2) is 46.1 Å². The van der Waals surface area contributed by atoms with Crippen LogP contribution >= 0.6 is 24.0 Å². The van der Waals surface area contributed by atoms with Gasteiger partial charge >= 0.3 is 0 Å². The van der Waals surface area contributed by atoms with Crippen molar-refractivity contribution in [2.24, 2.45) is 4.99 Å². The highest BCUT2D eigenvalue weighted by Crippen LogP contribution is 2.18. The lowest BCUT2D eigenvalue weighted by Crippen LogP contribution is -2.53. The molecule has 2 aliphatic rings. The van der Waals surface area contributed by atoms with Crippen molar-refractivity contribution in [1.82, 2.24) is 20.1 Å². The molecule has 32 heavy (non-hydrogen) atoms. The second kappa shape index (κ2) is 12.1. The summed E-state index contributed by atoms with van der Waals surface area (Å²) in [5, 5.41) is 3.48. The molecule has 8 nitrogen and oxygen atoms in total. The monoisotopic (exact) mass is 552 g/mol. The summed E-state index contributed by atoms with van der Waals surface area (Å²) in [6.07, 6.45) is 8.55. The van der Waals surface area contributed by atoms with Crippen LogP contribution in [0.3, 0.4) is 0 Å². The number of guanidine groups is 1. The molecule has 4 heterocycles. The molecular weight excluding hydrogens is 519 g/mol. The molecule has 9 heteroatoms. The van der Waals surface area contributed by atoms with Crippen molar-refractivity contribution in [2.75, 3.05) is 51.2 Å². The first-order valence-electron chi connectivity index (χ1n) is 11.2. The standard InChI is InChI=1S/C23H32N6O2.HI/c1-24-23(29-14-12-28(13-15-29)22(30)20-7-6-16-31-20)26-18-19-8-9-25-21(17-19)27-10-4-2-3-5-11-27;/h6-9,16-17H,2-5,10-15,18H2,1H3,(H,24,26);1H. The van der Waals surface area contributed by atoms with Gasteiger partial charge in [0.2, 0.25) is 0 Å². The van der Waals surface area contributed by atoms with E-state index in [1.54, 1.807) is 19.2 Å². The lowest BCUT2D eigenvalue weighted by atomic mass is 10.2. The normalized spacial score (nSPS) is 17.5. The van der Waals surface area contributed by atoms with Gasteiger partial charge in [-0.2, -0.15) is 0 Å². The van der Waals surface area contributed by atoms with E-state index in [9.17, 15) is 4.79 Å². The Morgan fingerprint density at radius 2 is 1.78 bits per heavy atom. The van der Waals surface area contributed by atoms with E-state index < -0.39 is 0 Å². The lowest BCUT2D eigenvalue weighted by molar-refractivity contribution is 0.0657. The Kier molecular flexibility index (Phi) is 9.19. The first kappa shape index (κ1) is 24.3. The predicted octanol–water partition coefficient (Wildman–Crippen LogP) is 3.21. The molecule has 0 bridgehead atoms. The van der Waals surface area contributed by atoms with Crippen LogP contribution in [0, 0.1) is 0 Å². The van der Waals surface area contributed by atoms with Gasteiger partial charge in [-0.15, -0.1) is 24.0 Å². The summed E-state index contributed by atoms with van der Waals surface area (Å²) in [5.41, 5.74) is 1.20. The van der Waals surface area contributed by atoms with Crippen molar-refractivity contribution in [3.05, 3.63) is 48.0 Å². The maximum Gasteiger partial charge on any atom is 0.289 e. The molecular formula is C23H33IN6O2. The van der Waals surface area contributed by atoms with E-state index in [1.165, 1.54) is 37.5 Å². The molecule has 2 aromatic heterocycles. The SMILES string of the molecule is CN=C(NCc1ccnc(N2CCCCCC2)c1)N1CCN(C(=O)c2ccco2)CC1.I. The van der Waals surface area contributed by atoms with Crippen LogP contribution in [-0.4, -0.2) is 73.0 Å². The van der Waals surface area contributed by atoms with Crippen LogP contribution in [-0.2, 0) is 6.54 Å². The zero-order valence-electron chi connectivity index (χ0n) is 18.7. The molecule has 0 radical (unpaired) electrons. The maximum atomic E-state index is 12.5. The summed E-state index contributed by atoms with van der Waals surface area (Å²) >= 11 is 0. The van der Waals surface area contributed by atoms with Gasteiger partial charge in [0, 0.05) is 59.1 Å². The number of hydrogen-bond donors (Lipinski definition) is 1. The maximum absolute atomic E-state index is 12.5. The highest BCUT2D eigenvalue weighted by atomic mass is 127. The van der Waals surface area contributed by atoms with Crippen LogP contribution in [0.4, 0.5) is 5.82 Å². The highest BCUT2D eigenvalue weighted by molar-refractivity contribution is 14.0. The minimum Gasteiger partial charge on any atom is -0.459 e. The smallest absolute Gasteiger partial charge is 0.289 e. The molecule has 2 aromatic rings. The van der Waals surface area contributed by atoms with Gasteiger partial charge in [0.15, 0.2) is 11.7 Å². The third-order valence-electron chi connectivity index (χ3n) is 6.00. The van der Waals surface area contributed by atoms with Gasteiger partial charge in [0.1, 0.15) is 5.82 Å². The molecule has 1 N–H and O–H groups in total. The second-order valence-corrected chi connectivity index (χ2v) is 8.08. The third kappa shape index (κ3) is 6.14. The molecule has 2 fully saturated rings. The molecule has 174 valence electrons. The highest BCUT2D eigenvalue weighted by Gasteiger charge is 2.25. The van der Waals surface area contributed by atoms with Crippen molar-refractivity contribution in [1.29, 1.82) is 0 Å². The molecule has 0 aromatic carbocycles. The van der Waals surface area contributed by atoms with E-state index >= 15 is 0 Å². The zero-order valence-corrected chi connectivity index (χ0v) is 21.0. The molecule has 0 aliphatic carbocycles. The van der Waals surface area contributed by atoms with E-state index in [-0.39, 0.29) is 29.9 Å². The topological polar surface area (TPSA) is 77.2 Å². The van der Waals surface area contributed by atoms with E-state index in [2.05, 4.69) is 37.2 Å². The van der Waals surface area contributed by atoms with Crippen LogP contribution in [0.5, 0.6) is 0 Å². The predicted molar refractivity (Wildman–Crippen MR) is 137 cm³/mol. The Hall–Kier alpha value is -2.30. The summed E-state index contributed by atoms with van der Waals surface area (Å²) < 4.78 is 5.24. The van der Waals surface area contributed by atoms with Crippen LogP contribution in [0.2, 0.25) is 0 Å². The number of nitrogens with zero attached hydrogens (tertiary/aromatic N) is 5. The van der Waals surface area contributed by atoms with Crippen LogP contribution in [0.1, 0.15) is 41.8 Å². The summed E-state index contributed by atoms with van der Waals surface area (Å²) in [6.45, 7) is 5.65. The number of furan rings is 1. The number of hydrogen-bond acceptors (Lipinski definition) is 5. The van der Waals surface area contributed by atoms with Crippen LogP contribution < -0.4 is 10.2 Å². The lowest BCUT2D eigenvalue weighted by Gasteiger charge is -2.36. The number of aliphatic imine (C=N–C) groups is 1. The van der Waals surface area contributed by atoms with E-state index in [0.29, 0.717) is 25.4 Å². The third-order valence-corrected chi connectivity index (χ3v) is 6.00. The van der Waals surface area contributed by atoms with Crippen molar-refractivity contribution in [2.45, 2.75) is 32.2 Å². The molecule has 0 unspecified atom stereocenters. The average molecular weight is 552 g/mol. The van der Waals surface area contributed by atoms with E-state index in [4.69, 9.17) is 4.42 Å². The number of carbonyl (C=O) groups excluding carboxylic acids is 1. The van der Waals surface area contributed by atoms with Crippen molar-refractivity contribution < 1.29 is 9.21 Å². The van der Waals surface area contributed by atoms with Crippen molar-refractivity contribution in [3.8, 4) is 0 Å². The molecule has 1 amide bonds. The van der Waals surface area contributed by atoms with Gasteiger partial charge < -0.3 is 24.4 Å². The minimum atomic E-state index is -0.0505. The number of anilines is 1. The summed E-state index contributed by atoms with van der Waals surface area (Å²) in [5.74, 6) is 2.28. The number of aromatic nitrogens is 1. The Morgan fingerprint density at radius 3 is 2.44 bits per heavy atom. The fraction of sp³-hybridized carbons (Fsp3) is 0.522. The quantitative estimate of drug-likeness (QED) is 0.357. The second-order valence-electron chi connectivity index (χ2n) is 8.08. The fourth-order valence-corrected chi connectivity index (χ4v) is 4.23. The number of halogens is 1. The van der Waals surface area contributed by atoms with Gasteiger partial charge in [-0.25, -0.2) is 4.98 Å². The van der Waals surface area contributed by atoms with Gasteiger partial charge in [0.25, 0.3) is 5.91 Å².